The minimum Gasteiger partial charge on any atom is -0.444 e. The van der Waals surface area contributed by atoms with Crippen molar-refractivity contribution in [2.75, 3.05) is 56.3 Å². The minimum absolute atomic E-state index is 0.0101. The number of hydroxylamine groups is 1. The zero-order valence-electron chi connectivity index (χ0n) is 27.7. The number of fused-ring (bicyclic) bond motifs is 2. The highest BCUT2D eigenvalue weighted by atomic mass is 16.7. The van der Waals surface area contributed by atoms with Crippen LogP contribution in [0.15, 0.2) is 54.6 Å². The number of nitrogens with zero attached hydrogens (tertiary/aromatic N) is 4. The van der Waals surface area contributed by atoms with Gasteiger partial charge in [-0.15, -0.1) is 0 Å². The highest BCUT2D eigenvalue weighted by Gasteiger charge is 2.30. The number of piperazine rings is 1. The van der Waals surface area contributed by atoms with Crippen LogP contribution in [0.4, 0.5) is 16.2 Å². The van der Waals surface area contributed by atoms with Gasteiger partial charge in [0.1, 0.15) is 12.2 Å². The molecule has 3 aromatic carbocycles. The van der Waals surface area contributed by atoms with Gasteiger partial charge < -0.3 is 14.5 Å². The summed E-state index contributed by atoms with van der Waals surface area (Å²) in [4.78, 5) is 39.2. The highest BCUT2D eigenvalue weighted by Crippen LogP contribution is 2.36. The SMILES string of the molecule is CC1CN(c2ccc3c(c2)N(OCC(=O)c2ccc(C4CCN(C(=O)OC(C)(C)C)CC4)c4ccccc24)CC3)CC(C)N1C. The molecule has 0 bridgehead atoms. The molecule has 6 rings (SSSR count). The van der Waals surface area contributed by atoms with Crippen LogP contribution in [0.3, 0.4) is 0 Å². The summed E-state index contributed by atoms with van der Waals surface area (Å²) in [6.07, 6.45) is 2.39. The molecule has 45 heavy (non-hydrogen) atoms. The molecule has 0 spiro atoms. The number of rotatable bonds is 6. The van der Waals surface area contributed by atoms with Crippen molar-refractivity contribution in [3.63, 3.8) is 0 Å². The van der Waals surface area contributed by atoms with Gasteiger partial charge in [0.15, 0.2) is 5.78 Å². The van der Waals surface area contributed by atoms with Crippen molar-refractivity contribution in [2.24, 2.45) is 0 Å². The van der Waals surface area contributed by atoms with E-state index in [0.29, 0.717) is 36.7 Å². The smallest absolute Gasteiger partial charge is 0.410 e. The molecule has 0 aromatic heterocycles. The zero-order valence-corrected chi connectivity index (χ0v) is 27.7. The van der Waals surface area contributed by atoms with Crippen LogP contribution in [0.25, 0.3) is 10.8 Å². The van der Waals surface area contributed by atoms with E-state index in [-0.39, 0.29) is 18.5 Å². The number of benzene rings is 3. The summed E-state index contributed by atoms with van der Waals surface area (Å²) < 4.78 is 5.58. The van der Waals surface area contributed by atoms with E-state index in [1.54, 1.807) is 0 Å². The fourth-order valence-corrected chi connectivity index (χ4v) is 7.12. The number of Topliss-reactive ketones (excluding diaryl/α,β-unsaturated/α-hetero) is 1. The van der Waals surface area contributed by atoms with Gasteiger partial charge >= 0.3 is 6.09 Å². The summed E-state index contributed by atoms with van der Waals surface area (Å²) in [6.45, 7) is 14.3. The molecule has 3 heterocycles. The largest absolute Gasteiger partial charge is 0.444 e. The van der Waals surface area contributed by atoms with Gasteiger partial charge in [0.05, 0.1) is 5.69 Å². The van der Waals surface area contributed by atoms with Gasteiger partial charge in [0, 0.05) is 56.1 Å². The third-order valence-electron chi connectivity index (χ3n) is 9.84. The van der Waals surface area contributed by atoms with Crippen molar-refractivity contribution in [2.45, 2.75) is 77.5 Å². The maximum Gasteiger partial charge on any atom is 0.410 e. The van der Waals surface area contributed by atoms with Crippen molar-refractivity contribution in [1.82, 2.24) is 9.80 Å². The Morgan fingerprint density at radius 3 is 2.27 bits per heavy atom. The van der Waals surface area contributed by atoms with E-state index in [0.717, 1.165) is 55.4 Å². The second kappa shape index (κ2) is 12.6. The topological polar surface area (TPSA) is 65.6 Å². The van der Waals surface area contributed by atoms with Crippen LogP contribution in [-0.4, -0.2) is 85.7 Å². The number of likely N-dealkylation sites (tertiary alicyclic amines) is 1. The molecule has 3 aliphatic rings. The van der Waals surface area contributed by atoms with Crippen molar-refractivity contribution < 1.29 is 19.2 Å². The first-order valence-electron chi connectivity index (χ1n) is 16.5. The number of hydrogen-bond acceptors (Lipinski definition) is 7. The van der Waals surface area contributed by atoms with Crippen molar-refractivity contribution in [3.8, 4) is 0 Å². The first-order chi connectivity index (χ1) is 21.5. The van der Waals surface area contributed by atoms with Crippen LogP contribution < -0.4 is 9.96 Å². The highest BCUT2D eigenvalue weighted by molar-refractivity contribution is 6.09. The predicted molar refractivity (Wildman–Crippen MR) is 180 cm³/mol. The molecule has 0 N–H and O–H groups in total. The van der Waals surface area contributed by atoms with E-state index < -0.39 is 5.60 Å². The Hall–Kier alpha value is -3.62. The number of carbonyl (C=O) groups excluding carboxylic acids is 2. The Morgan fingerprint density at radius 1 is 0.889 bits per heavy atom. The minimum atomic E-state index is -0.500. The van der Waals surface area contributed by atoms with E-state index in [9.17, 15) is 9.59 Å². The lowest BCUT2D eigenvalue weighted by molar-refractivity contribution is 0.0205. The van der Waals surface area contributed by atoms with E-state index in [4.69, 9.17) is 9.57 Å². The monoisotopic (exact) mass is 612 g/mol. The second-order valence-corrected chi connectivity index (χ2v) is 14.1. The Morgan fingerprint density at radius 2 is 1.58 bits per heavy atom. The molecule has 2 atom stereocenters. The molecule has 3 aliphatic heterocycles. The van der Waals surface area contributed by atoms with Crippen LogP contribution in [0.1, 0.15) is 74.9 Å². The van der Waals surface area contributed by atoms with Gasteiger partial charge in [-0.2, -0.15) is 0 Å². The van der Waals surface area contributed by atoms with E-state index in [1.807, 2.05) is 55.0 Å². The molecule has 0 radical (unpaired) electrons. The Bertz CT molecular complexity index is 1550. The first-order valence-corrected chi connectivity index (χ1v) is 16.5. The first kappa shape index (κ1) is 31.4. The summed E-state index contributed by atoms with van der Waals surface area (Å²) in [5, 5.41) is 3.97. The van der Waals surface area contributed by atoms with E-state index in [1.165, 1.54) is 16.8 Å². The lowest BCUT2D eigenvalue weighted by Crippen LogP contribution is -2.55. The fourth-order valence-electron chi connectivity index (χ4n) is 7.12. The normalized spacial score (nSPS) is 21.3. The molecule has 2 saturated heterocycles. The summed E-state index contributed by atoms with van der Waals surface area (Å²) in [5.41, 5.74) is 4.96. The van der Waals surface area contributed by atoms with Crippen molar-refractivity contribution >= 4 is 34.0 Å². The fraction of sp³-hybridized carbons (Fsp3) is 0.514. The standard InChI is InChI=1S/C37H48N4O4/c1-25-22-40(23-26(2)38(25)6)29-12-11-28-17-20-41(34(28)21-29)44-24-35(42)33-14-13-30(31-9-7-8-10-32(31)33)27-15-18-39(19-16-27)36(43)45-37(3,4)5/h7-14,21,25-27H,15-20,22-24H2,1-6H3. The number of piperidine rings is 1. The third kappa shape index (κ3) is 6.68. The Kier molecular flexibility index (Phi) is 8.81. The van der Waals surface area contributed by atoms with Gasteiger partial charge in [-0.3, -0.25) is 19.6 Å². The summed E-state index contributed by atoms with van der Waals surface area (Å²) in [7, 11) is 2.20. The van der Waals surface area contributed by atoms with Gasteiger partial charge in [-0.05, 0) is 101 Å². The molecule has 1 amide bonds. The summed E-state index contributed by atoms with van der Waals surface area (Å²) in [5.74, 6) is 0.291. The molecule has 2 unspecified atom stereocenters. The van der Waals surface area contributed by atoms with Crippen LogP contribution in [0.2, 0.25) is 0 Å². The van der Waals surface area contributed by atoms with Gasteiger partial charge in [0.2, 0.25) is 0 Å². The summed E-state index contributed by atoms with van der Waals surface area (Å²) in [6, 6.07) is 19.9. The molecule has 0 aliphatic carbocycles. The number of ether oxygens (including phenoxy) is 1. The van der Waals surface area contributed by atoms with Crippen LogP contribution >= 0.6 is 0 Å². The number of likely N-dealkylation sites (N-methyl/N-ethyl adjacent to an activating group) is 1. The molecule has 3 aromatic rings. The maximum atomic E-state index is 13.6. The summed E-state index contributed by atoms with van der Waals surface area (Å²) >= 11 is 0. The van der Waals surface area contributed by atoms with Crippen LogP contribution in [0, 0.1) is 0 Å². The van der Waals surface area contributed by atoms with Crippen LogP contribution in [-0.2, 0) is 16.0 Å². The van der Waals surface area contributed by atoms with Gasteiger partial charge in [0.25, 0.3) is 0 Å². The molecule has 0 saturated carbocycles. The lowest BCUT2D eigenvalue weighted by Gasteiger charge is -2.43. The maximum absolute atomic E-state index is 13.6. The quantitative estimate of drug-likeness (QED) is 0.289. The molecule has 8 heteroatoms. The van der Waals surface area contributed by atoms with E-state index in [2.05, 4.69) is 61.0 Å². The molecule has 8 nitrogen and oxygen atoms in total. The Balaban J connectivity index is 1.13. The van der Waals surface area contributed by atoms with Crippen molar-refractivity contribution in [3.05, 3.63) is 71.3 Å². The number of amides is 1. The van der Waals surface area contributed by atoms with Gasteiger partial charge in [-0.25, -0.2) is 4.79 Å². The zero-order chi connectivity index (χ0) is 31.9. The van der Waals surface area contributed by atoms with E-state index >= 15 is 0 Å². The number of anilines is 2. The second-order valence-electron chi connectivity index (χ2n) is 14.1. The molecular formula is C37H48N4O4. The number of carbonyl (C=O) groups is 2. The molecule has 2 fully saturated rings. The van der Waals surface area contributed by atoms with Crippen LogP contribution in [0.5, 0.6) is 0 Å². The average Bonchev–Trinajstić information content (AvgIpc) is 3.43. The number of hydrogen-bond donors (Lipinski definition) is 0. The van der Waals surface area contributed by atoms with Gasteiger partial charge in [-0.1, -0.05) is 42.5 Å². The lowest BCUT2D eigenvalue weighted by atomic mass is 9.85. The Labute approximate surface area is 267 Å². The predicted octanol–water partition coefficient (Wildman–Crippen LogP) is 6.66. The number of ketones is 1. The van der Waals surface area contributed by atoms with Crippen molar-refractivity contribution in [1.29, 1.82) is 0 Å². The molecular weight excluding hydrogens is 564 g/mol. The molecule has 240 valence electrons. The average molecular weight is 613 g/mol. The third-order valence-corrected chi connectivity index (χ3v) is 9.84.